The summed E-state index contributed by atoms with van der Waals surface area (Å²) in [4.78, 5) is 0. The highest BCUT2D eigenvalue weighted by Gasteiger charge is 1.91. The molecule has 0 heterocycles. The molecule has 0 unspecified atom stereocenters. The first-order chi connectivity index (χ1) is 8.43. The normalized spacial score (nSPS) is 27.9. The average Bonchev–Trinajstić information content (AvgIpc) is 2.32. The molecule has 0 radical (unpaired) electrons. The highest BCUT2D eigenvalue weighted by atomic mass is 32.2. The molecular formula is C15H19NS. The molecule has 1 nitrogen and oxygen atoms in total. The fourth-order valence-corrected chi connectivity index (χ4v) is 1.97. The molecule has 1 aliphatic rings. The zero-order chi connectivity index (χ0) is 12.2. The minimum atomic E-state index is 0.741. The molecular weight excluding hydrogens is 226 g/mol. The van der Waals surface area contributed by atoms with Crippen molar-refractivity contribution < 1.29 is 0 Å². The monoisotopic (exact) mass is 245 g/mol. The summed E-state index contributed by atoms with van der Waals surface area (Å²) in [6.07, 6.45) is 22.6. The Morgan fingerprint density at radius 3 is 2.06 bits per heavy atom. The fourth-order valence-electron chi connectivity index (χ4n) is 1.23. The van der Waals surface area contributed by atoms with Crippen LogP contribution in [0.3, 0.4) is 0 Å². The standard InChI is InChI=1S/C15H19NS/c16-12-13-17-14-15-10-8-6-4-2-1-3-5-7-9-11-15/h1-11H,12-14,16H2/b2-1-,3-1?,4-2?,5-3-,6-4-,7-5?,8-6?,9-7-,10-8-,11-9?,15-10?,15-11+. The van der Waals surface area contributed by atoms with E-state index in [1.807, 2.05) is 54.3 Å². The van der Waals surface area contributed by atoms with Gasteiger partial charge in [0.1, 0.15) is 0 Å². The SMILES string of the molecule is NCCSCC1=C/C=C\C=C/C=C\C=C/C=C\1. The summed E-state index contributed by atoms with van der Waals surface area (Å²) in [7, 11) is 0. The number of allylic oxidation sites excluding steroid dienone is 11. The van der Waals surface area contributed by atoms with Crippen molar-refractivity contribution in [1.82, 2.24) is 0 Å². The van der Waals surface area contributed by atoms with E-state index in [-0.39, 0.29) is 0 Å². The van der Waals surface area contributed by atoms with Crippen LogP contribution >= 0.6 is 11.8 Å². The van der Waals surface area contributed by atoms with Gasteiger partial charge in [-0.05, 0) is 5.57 Å². The molecule has 17 heavy (non-hydrogen) atoms. The van der Waals surface area contributed by atoms with E-state index in [0.29, 0.717) is 0 Å². The molecule has 0 fully saturated rings. The molecule has 0 bridgehead atoms. The van der Waals surface area contributed by atoms with Crippen molar-refractivity contribution >= 4 is 11.8 Å². The van der Waals surface area contributed by atoms with Gasteiger partial charge in [-0.3, -0.25) is 0 Å². The van der Waals surface area contributed by atoms with E-state index in [1.54, 1.807) is 0 Å². The van der Waals surface area contributed by atoms with Crippen molar-refractivity contribution in [2.75, 3.05) is 18.1 Å². The maximum absolute atomic E-state index is 5.48. The Morgan fingerprint density at radius 2 is 1.41 bits per heavy atom. The van der Waals surface area contributed by atoms with Gasteiger partial charge < -0.3 is 5.73 Å². The van der Waals surface area contributed by atoms with Crippen LogP contribution in [0.2, 0.25) is 0 Å². The summed E-state index contributed by atoms with van der Waals surface area (Å²) in [5.74, 6) is 2.01. The van der Waals surface area contributed by atoms with Gasteiger partial charge in [0, 0.05) is 18.1 Å². The van der Waals surface area contributed by atoms with Crippen LogP contribution in [0, 0.1) is 0 Å². The maximum Gasteiger partial charge on any atom is 0.0185 e. The molecule has 0 amide bonds. The molecule has 0 spiro atoms. The van der Waals surface area contributed by atoms with Gasteiger partial charge in [0.25, 0.3) is 0 Å². The summed E-state index contributed by atoms with van der Waals surface area (Å²) in [6.45, 7) is 0.741. The second-order valence-electron chi connectivity index (χ2n) is 3.48. The summed E-state index contributed by atoms with van der Waals surface area (Å²) < 4.78 is 0. The van der Waals surface area contributed by atoms with E-state index in [2.05, 4.69) is 24.3 Å². The number of rotatable bonds is 4. The van der Waals surface area contributed by atoms with Crippen molar-refractivity contribution in [2.45, 2.75) is 0 Å². The first-order valence-electron chi connectivity index (χ1n) is 5.75. The van der Waals surface area contributed by atoms with Crippen molar-refractivity contribution in [2.24, 2.45) is 5.73 Å². The molecule has 0 aliphatic heterocycles. The Hall–Kier alpha value is -1.25. The number of thioether (sulfide) groups is 1. The quantitative estimate of drug-likeness (QED) is 0.768. The zero-order valence-corrected chi connectivity index (χ0v) is 10.8. The second kappa shape index (κ2) is 9.94. The lowest BCUT2D eigenvalue weighted by Crippen LogP contribution is -2.02. The Labute approximate surface area is 108 Å². The van der Waals surface area contributed by atoms with E-state index in [0.717, 1.165) is 18.1 Å². The Bertz CT molecular complexity index is 370. The molecule has 90 valence electrons. The lowest BCUT2D eigenvalue weighted by molar-refractivity contribution is 1.15. The summed E-state index contributed by atoms with van der Waals surface area (Å²) in [6, 6.07) is 0. The van der Waals surface area contributed by atoms with E-state index in [1.165, 1.54) is 5.57 Å². The minimum absolute atomic E-state index is 0.741. The average molecular weight is 245 g/mol. The molecule has 0 saturated heterocycles. The molecule has 0 aromatic rings. The van der Waals surface area contributed by atoms with Gasteiger partial charge in [0.15, 0.2) is 0 Å². The topological polar surface area (TPSA) is 26.0 Å². The van der Waals surface area contributed by atoms with E-state index >= 15 is 0 Å². The summed E-state index contributed by atoms with van der Waals surface area (Å²) in [5.41, 5.74) is 6.79. The van der Waals surface area contributed by atoms with Gasteiger partial charge in [-0.2, -0.15) is 11.8 Å². The van der Waals surface area contributed by atoms with Crippen molar-refractivity contribution in [3.05, 3.63) is 72.4 Å². The van der Waals surface area contributed by atoms with Crippen LogP contribution in [0.1, 0.15) is 0 Å². The highest BCUT2D eigenvalue weighted by Crippen LogP contribution is 2.09. The molecule has 2 N–H and O–H groups in total. The predicted octanol–water partition coefficient (Wildman–Crippen LogP) is 3.40. The third kappa shape index (κ3) is 7.61. The van der Waals surface area contributed by atoms with Crippen LogP contribution in [-0.4, -0.2) is 18.1 Å². The van der Waals surface area contributed by atoms with E-state index in [4.69, 9.17) is 5.73 Å². The second-order valence-corrected chi connectivity index (χ2v) is 4.59. The fraction of sp³-hybridized carbons (Fsp3) is 0.200. The molecule has 0 atom stereocenters. The number of hydrogen-bond acceptors (Lipinski definition) is 2. The molecule has 1 rings (SSSR count). The summed E-state index contributed by atoms with van der Waals surface area (Å²) in [5, 5.41) is 0. The van der Waals surface area contributed by atoms with Gasteiger partial charge in [-0.1, -0.05) is 66.8 Å². The van der Waals surface area contributed by atoms with Crippen LogP contribution in [-0.2, 0) is 0 Å². The smallest absolute Gasteiger partial charge is 0.0185 e. The molecule has 1 aliphatic carbocycles. The maximum atomic E-state index is 5.48. The van der Waals surface area contributed by atoms with Gasteiger partial charge in [0.05, 0.1) is 0 Å². The van der Waals surface area contributed by atoms with Crippen LogP contribution in [0.5, 0.6) is 0 Å². The summed E-state index contributed by atoms with van der Waals surface area (Å²) >= 11 is 1.86. The Balaban J connectivity index is 2.64. The van der Waals surface area contributed by atoms with Gasteiger partial charge >= 0.3 is 0 Å². The molecule has 2 heteroatoms. The van der Waals surface area contributed by atoms with Gasteiger partial charge in [-0.15, -0.1) is 0 Å². The number of nitrogens with two attached hydrogens (primary N) is 1. The Kier molecular flexibility index (Phi) is 8.08. The van der Waals surface area contributed by atoms with Crippen LogP contribution in [0.4, 0.5) is 0 Å². The van der Waals surface area contributed by atoms with Crippen molar-refractivity contribution in [3.8, 4) is 0 Å². The van der Waals surface area contributed by atoms with Crippen LogP contribution in [0.15, 0.2) is 72.4 Å². The first kappa shape index (κ1) is 13.8. The Morgan fingerprint density at radius 1 is 0.824 bits per heavy atom. The largest absolute Gasteiger partial charge is 0.330 e. The molecule has 0 aromatic heterocycles. The molecule has 0 aromatic carbocycles. The zero-order valence-electron chi connectivity index (χ0n) is 9.96. The molecule has 0 saturated carbocycles. The van der Waals surface area contributed by atoms with E-state index < -0.39 is 0 Å². The highest BCUT2D eigenvalue weighted by molar-refractivity contribution is 7.99. The van der Waals surface area contributed by atoms with Crippen molar-refractivity contribution in [3.63, 3.8) is 0 Å². The van der Waals surface area contributed by atoms with Crippen LogP contribution in [0.25, 0.3) is 0 Å². The first-order valence-corrected chi connectivity index (χ1v) is 6.90. The van der Waals surface area contributed by atoms with E-state index in [9.17, 15) is 0 Å². The lowest BCUT2D eigenvalue weighted by atomic mass is 10.2. The van der Waals surface area contributed by atoms with Gasteiger partial charge in [0.2, 0.25) is 0 Å². The predicted molar refractivity (Wildman–Crippen MR) is 80.2 cm³/mol. The third-order valence-electron chi connectivity index (χ3n) is 2.04. The van der Waals surface area contributed by atoms with Crippen LogP contribution < -0.4 is 5.73 Å². The lowest BCUT2D eigenvalue weighted by Gasteiger charge is -2.00. The van der Waals surface area contributed by atoms with Gasteiger partial charge in [-0.25, -0.2) is 0 Å². The minimum Gasteiger partial charge on any atom is -0.330 e. The van der Waals surface area contributed by atoms with Crippen molar-refractivity contribution in [1.29, 1.82) is 0 Å². The number of hydrogen-bond donors (Lipinski definition) is 1. The third-order valence-corrected chi connectivity index (χ3v) is 3.10.